The maximum atomic E-state index is 12.6. The number of anilines is 8. The molecule has 104 heavy (non-hydrogen) atoms. The minimum absolute atomic E-state index is 0. The number of halogens is 2. The Bertz CT molecular complexity index is 5450. The summed E-state index contributed by atoms with van der Waals surface area (Å²) in [6.45, 7) is 3.10. The zero-order valence-corrected chi connectivity index (χ0v) is 72.8. The van der Waals surface area contributed by atoms with E-state index in [-0.39, 0.29) is 263 Å². The largest absolute Gasteiger partial charge is 1.00 e. The van der Waals surface area contributed by atoms with E-state index in [0.717, 1.165) is 35.0 Å². The number of rotatable bonds is 19. The first kappa shape index (κ1) is 96.7. The first-order valence-electron chi connectivity index (χ1n) is 25.7. The first-order chi connectivity index (χ1) is 46.1. The van der Waals surface area contributed by atoms with Crippen molar-refractivity contribution in [1.29, 1.82) is 0 Å². The molecule has 0 aliphatic heterocycles. The van der Waals surface area contributed by atoms with Gasteiger partial charge >= 0.3 is 209 Å². The number of nitrogens with one attached hydrogen (secondary N) is 4. The Balaban J connectivity index is 0.00000279. The minimum atomic E-state index is -5.14. The van der Waals surface area contributed by atoms with Crippen LogP contribution in [0.1, 0.15) is 22.5 Å². The zero-order chi connectivity index (χ0) is 71.8. The van der Waals surface area contributed by atoms with Gasteiger partial charge in [-0.15, -0.1) is 108 Å². The van der Waals surface area contributed by atoms with E-state index >= 15 is 0 Å². The summed E-state index contributed by atoms with van der Waals surface area (Å²) in [5.74, 6) is -1.19. The van der Waals surface area contributed by atoms with E-state index in [1.165, 1.54) is 60.2 Å². The van der Waals surface area contributed by atoms with Gasteiger partial charge in [-0.3, -0.25) is 0 Å². The number of aryl methyl sites for hydroxylation is 2. The molecule has 0 bridgehead atoms. The van der Waals surface area contributed by atoms with Crippen LogP contribution >= 0.6 is 23.2 Å². The van der Waals surface area contributed by atoms with Crippen molar-refractivity contribution >= 4 is 167 Å². The molecule has 0 amide bonds. The summed E-state index contributed by atoms with van der Waals surface area (Å²) in [5.41, 5.74) is 2.44. The fourth-order valence-corrected chi connectivity index (χ4v) is 9.84. The molecule has 0 atom stereocenters. The van der Waals surface area contributed by atoms with E-state index in [1.54, 1.807) is 61.5 Å². The van der Waals surface area contributed by atoms with Gasteiger partial charge in [0.05, 0.1) is 31.8 Å². The van der Waals surface area contributed by atoms with Crippen molar-refractivity contribution in [2.24, 2.45) is 20.5 Å². The summed E-state index contributed by atoms with van der Waals surface area (Å²) in [6, 6.07) is 36.8. The van der Waals surface area contributed by atoms with Crippen molar-refractivity contribution in [2.45, 2.75) is 28.5 Å². The van der Waals surface area contributed by atoms with E-state index in [0.29, 0.717) is 28.3 Å². The van der Waals surface area contributed by atoms with Gasteiger partial charge in [0.2, 0.25) is 46.1 Å². The molecular formula is C52H34Cl2N18Na6O20S6. The summed E-state index contributed by atoms with van der Waals surface area (Å²) in [7, 11) is -24.3. The average Bonchev–Trinajstić information content (AvgIpc) is 1.60. The number of hydrogen-bond donors (Lipinski definition) is 6. The van der Waals surface area contributed by atoms with Crippen LogP contribution in [0.4, 0.5) is 69.3 Å². The smallest absolute Gasteiger partial charge is 0.744 e. The van der Waals surface area contributed by atoms with Crippen molar-refractivity contribution in [3.05, 3.63) is 173 Å². The van der Waals surface area contributed by atoms with E-state index in [9.17, 15) is 49.1 Å². The van der Waals surface area contributed by atoms with Crippen molar-refractivity contribution in [2.75, 3.05) is 21.3 Å². The van der Waals surface area contributed by atoms with Crippen molar-refractivity contribution in [3.8, 4) is 23.1 Å². The monoisotopic (exact) mass is 1630 g/mol. The second-order valence-corrected chi connectivity index (χ2v) is 24.2. The minimum Gasteiger partial charge on any atom is -0.744 e. The molecular weight excluding hydrogens is 1600 g/mol. The number of benzene rings is 6. The fourth-order valence-electron chi connectivity index (χ4n) is 7.77. The Morgan fingerprint density at radius 1 is 0.471 bits per heavy atom. The number of aromatic hydroxyl groups is 2. The summed E-state index contributed by atoms with van der Waals surface area (Å²) in [6.07, 6.45) is 2.90. The van der Waals surface area contributed by atoms with E-state index < -0.39 is 88.4 Å². The van der Waals surface area contributed by atoms with Gasteiger partial charge in [-0.05, 0) is 114 Å². The molecule has 6 N–H and O–H groups in total. The quantitative estimate of drug-likeness (QED) is 0.0144. The molecule has 508 valence electrons. The predicted molar refractivity (Wildman–Crippen MR) is 335 cm³/mol. The van der Waals surface area contributed by atoms with Gasteiger partial charge in [-0.25, -0.2) is 29.9 Å². The molecule has 0 aliphatic carbocycles. The molecule has 0 aliphatic rings. The molecule has 10 rings (SSSR count). The van der Waals surface area contributed by atoms with Crippen LogP contribution in [0, 0.1) is 32.0 Å². The summed E-state index contributed by atoms with van der Waals surface area (Å²) in [4.78, 5) is 23.1. The maximum absolute atomic E-state index is 12.6. The molecule has 52 heteroatoms. The Kier molecular flexibility index (Phi) is 41.1. The van der Waals surface area contributed by atoms with Gasteiger partial charge in [-0.1, -0.05) is 17.8 Å². The second kappa shape index (κ2) is 44.2. The average molecular weight is 1630 g/mol. The number of azo groups is 2. The van der Waals surface area contributed by atoms with Crippen LogP contribution in [0.2, 0.25) is 10.6 Å². The number of aromatic nitrogens is 10. The van der Waals surface area contributed by atoms with Gasteiger partial charge in [0.15, 0.2) is 11.4 Å². The SMILES string of the molecule is Cc1nn(-c2cc[c-]cc2)c(O)c1N=Nc1[c-]ccc(Nc2nc(Cl)nc(Nc3ccc(C=Cc4[c-]cc(Nc5nc(Cl)nc(Nc6ccc(S(=O)(=O)[O-])c(N=Nc7c(C)nn(-c8ccc(S(=O)(=O)[O-])cc8)c7O)c6)n5)cc4)c(S(=O)(=O)[O-])c3)n2)c1.O=S(=O)=O.O=S(=O)=O.O=S(=O)=O.[Na+].[Na+].[Na+].[Na+].[Na+].[Na+]. The van der Waals surface area contributed by atoms with Gasteiger partial charge in [0.1, 0.15) is 36.0 Å². The first-order valence-corrected chi connectivity index (χ1v) is 33.6. The fraction of sp³-hybridized carbons (Fsp3) is 0.0385. The Hall–Kier alpha value is -5.33. The summed E-state index contributed by atoms with van der Waals surface area (Å²) in [5, 5.41) is 57.6. The summed E-state index contributed by atoms with van der Waals surface area (Å²) >= 11 is 12.5. The third kappa shape index (κ3) is 30.0. The van der Waals surface area contributed by atoms with Gasteiger partial charge in [-0.2, -0.15) is 85.8 Å². The van der Waals surface area contributed by atoms with Crippen LogP contribution < -0.4 is 199 Å². The standard InChI is InChI=1S/C52H37Cl2N18O11S3.6Na.3O3S/c1-28-43(45(73)71(69-28)37-9-4-3-5-10-37)67-65-36-8-6-7-33(25-36)56-50-60-48(54)62-52(64-50)58-35-18-15-31(42(27-35)86(81,82)83)14-11-30-12-16-32(17-13-30)55-49-59-47(53)61-51(63-49)57-34-19-24-41(85(78,79)80)40(26-34)66-68-44-29(2)70-72(46(44)74)38-20-22-39(23-21-38)84(75,76)77;;;;;;;3*1-4(2)3/h4-7,9-12,14-27,73-74H,1-2H3,(H,75,76,77)(H,78,79,80)(H,81,82,83)(H2,55,57,59,61,63)(H2,56,58,60,62,64);;;;;;;;;/q-3;6*+1;;;/p-3. The molecule has 6 aromatic carbocycles. The maximum Gasteiger partial charge on any atom is 1.00 e. The molecule has 38 nitrogen and oxygen atoms in total. The van der Waals surface area contributed by atoms with Crippen molar-refractivity contribution in [1.82, 2.24) is 49.5 Å². The van der Waals surface area contributed by atoms with Crippen LogP contribution in [0.25, 0.3) is 23.5 Å². The third-order valence-corrected chi connectivity index (χ3v) is 14.6. The van der Waals surface area contributed by atoms with Crippen molar-refractivity contribution in [3.63, 3.8) is 0 Å². The van der Waals surface area contributed by atoms with Crippen LogP contribution in [-0.4, -0.2) is 136 Å². The Morgan fingerprint density at radius 3 is 1.35 bits per heavy atom. The molecule has 4 aromatic heterocycles. The topological polar surface area (TPSA) is 576 Å². The van der Waals surface area contributed by atoms with Crippen LogP contribution in [0.15, 0.2) is 156 Å². The third-order valence-electron chi connectivity index (χ3n) is 11.7. The molecule has 0 saturated heterocycles. The Labute approximate surface area is 736 Å². The molecule has 0 spiro atoms. The van der Waals surface area contributed by atoms with Crippen LogP contribution in [-0.2, 0) is 62.2 Å². The van der Waals surface area contributed by atoms with E-state index in [2.05, 4.69) is 100 Å². The molecule has 0 unspecified atom stereocenters. The molecule has 0 saturated carbocycles. The molecule has 0 radical (unpaired) electrons. The second-order valence-electron chi connectivity index (χ2n) is 18.2. The van der Waals surface area contributed by atoms with Crippen molar-refractivity contribution < 1.29 is 264 Å². The molecule has 4 heterocycles. The number of hydrogen-bond acceptors (Lipinski definition) is 36. The van der Waals surface area contributed by atoms with Crippen LogP contribution in [0.3, 0.4) is 0 Å². The van der Waals surface area contributed by atoms with E-state index in [1.807, 2.05) is 0 Å². The van der Waals surface area contributed by atoms with Gasteiger partial charge < -0.3 is 45.1 Å². The Morgan fingerprint density at radius 2 is 0.894 bits per heavy atom. The predicted octanol–water partition coefficient (Wildman–Crippen LogP) is -11.1. The van der Waals surface area contributed by atoms with Gasteiger partial charge in [0, 0.05) is 11.4 Å². The number of nitrogens with zero attached hydrogens (tertiary/aromatic N) is 14. The molecule has 0 fully saturated rings. The zero-order valence-electron chi connectivity index (χ0n) is 54.4. The molecule has 10 aromatic rings. The summed E-state index contributed by atoms with van der Waals surface area (Å²) < 4.78 is 187. The normalized spacial score (nSPS) is 10.7. The van der Waals surface area contributed by atoms with E-state index in [4.69, 9.17) is 61.1 Å². The van der Waals surface area contributed by atoms with Gasteiger partial charge in [0.25, 0.3) is 0 Å². The van der Waals surface area contributed by atoms with Crippen LogP contribution in [0.5, 0.6) is 11.8 Å².